The van der Waals surface area contributed by atoms with Gasteiger partial charge in [0.25, 0.3) is 11.8 Å². The summed E-state index contributed by atoms with van der Waals surface area (Å²) in [5, 5.41) is 3.04. The van der Waals surface area contributed by atoms with Crippen LogP contribution in [0.3, 0.4) is 0 Å². The molecule has 0 unspecified atom stereocenters. The van der Waals surface area contributed by atoms with Crippen LogP contribution in [0.4, 0.5) is 5.69 Å². The maximum Gasteiger partial charge on any atom is 0.265 e. The number of fused-ring (bicyclic) bond motifs is 1. The van der Waals surface area contributed by atoms with Gasteiger partial charge in [0.05, 0.1) is 23.2 Å². The van der Waals surface area contributed by atoms with E-state index in [4.69, 9.17) is 0 Å². The number of hydrogen-bond donors (Lipinski definition) is 1. The van der Waals surface area contributed by atoms with E-state index in [1.54, 1.807) is 12.1 Å². The third-order valence-corrected chi connectivity index (χ3v) is 7.49. The molecule has 0 saturated heterocycles. The summed E-state index contributed by atoms with van der Waals surface area (Å²) in [5.41, 5.74) is 5.71. The highest BCUT2D eigenvalue weighted by Crippen LogP contribution is 2.42. The van der Waals surface area contributed by atoms with Gasteiger partial charge in [0, 0.05) is 10.5 Å². The standard InChI is InChI=1S/C32H28N2O2S/c1-22-12-14-25(15-13-22)21-34-28-10-6-7-11-29(28)37-30(32(34)36)20-24-16-18-27(19-17-24)31(35)33-23(2)26-8-4-3-5-9-26/h3-20,23H,21H2,1-2H3,(H,33,35)/b30-20+/t23-/m1/s1. The van der Waals surface area contributed by atoms with Crippen LogP contribution in [0.2, 0.25) is 0 Å². The van der Waals surface area contributed by atoms with Crippen molar-refractivity contribution in [3.8, 4) is 0 Å². The Balaban J connectivity index is 1.35. The van der Waals surface area contributed by atoms with E-state index in [-0.39, 0.29) is 17.9 Å². The third-order valence-electron chi connectivity index (χ3n) is 6.41. The zero-order valence-corrected chi connectivity index (χ0v) is 21.7. The van der Waals surface area contributed by atoms with Crippen LogP contribution < -0.4 is 10.2 Å². The van der Waals surface area contributed by atoms with Gasteiger partial charge in [-0.2, -0.15) is 0 Å². The number of carbonyl (C=O) groups is 2. The minimum Gasteiger partial charge on any atom is -0.346 e. The second-order valence-electron chi connectivity index (χ2n) is 9.18. The number of benzene rings is 4. The molecule has 37 heavy (non-hydrogen) atoms. The summed E-state index contributed by atoms with van der Waals surface area (Å²) in [6.45, 7) is 4.53. The van der Waals surface area contributed by atoms with E-state index < -0.39 is 0 Å². The molecular weight excluding hydrogens is 476 g/mol. The molecular formula is C32H28N2O2S. The van der Waals surface area contributed by atoms with E-state index in [0.29, 0.717) is 17.0 Å². The number of para-hydroxylation sites is 1. The van der Waals surface area contributed by atoms with Crippen molar-refractivity contribution in [1.82, 2.24) is 5.32 Å². The molecule has 184 valence electrons. The highest BCUT2D eigenvalue weighted by Gasteiger charge is 2.29. The van der Waals surface area contributed by atoms with E-state index in [9.17, 15) is 9.59 Å². The van der Waals surface area contributed by atoms with Gasteiger partial charge < -0.3 is 10.2 Å². The van der Waals surface area contributed by atoms with E-state index in [1.807, 2.05) is 84.6 Å². The summed E-state index contributed by atoms with van der Waals surface area (Å²) < 4.78 is 0. The SMILES string of the molecule is Cc1ccc(CN2C(=O)/C(=C\c3ccc(C(=O)N[C@H](C)c4ccccc4)cc3)Sc3ccccc32)cc1. The summed E-state index contributed by atoms with van der Waals surface area (Å²) in [5.74, 6) is -0.153. The topological polar surface area (TPSA) is 49.4 Å². The first-order valence-electron chi connectivity index (χ1n) is 12.3. The number of thioether (sulfide) groups is 1. The summed E-state index contributed by atoms with van der Waals surface area (Å²) >= 11 is 1.48. The van der Waals surface area contributed by atoms with Gasteiger partial charge in [0.2, 0.25) is 0 Å². The molecule has 4 nitrogen and oxygen atoms in total. The number of anilines is 1. The van der Waals surface area contributed by atoms with Gasteiger partial charge in [-0.3, -0.25) is 9.59 Å². The van der Waals surface area contributed by atoms with E-state index in [0.717, 1.165) is 27.3 Å². The summed E-state index contributed by atoms with van der Waals surface area (Å²) in [6.07, 6.45) is 1.90. The first-order chi connectivity index (χ1) is 18.0. The molecule has 0 aromatic heterocycles. The Kier molecular flexibility index (Phi) is 7.24. The summed E-state index contributed by atoms with van der Waals surface area (Å²) in [7, 11) is 0. The lowest BCUT2D eigenvalue weighted by Crippen LogP contribution is -2.33. The maximum absolute atomic E-state index is 13.6. The van der Waals surface area contributed by atoms with Crippen LogP contribution in [0.1, 0.15) is 45.6 Å². The van der Waals surface area contributed by atoms with Crippen molar-refractivity contribution >= 4 is 35.3 Å². The number of nitrogens with one attached hydrogen (secondary N) is 1. The zero-order chi connectivity index (χ0) is 25.8. The van der Waals surface area contributed by atoms with Crippen molar-refractivity contribution in [3.05, 3.63) is 136 Å². The highest BCUT2D eigenvalue weighted by atomic mass is 32.2. The number of rotatable bonds is 6. The Morgan fingerprint density at radius 2 is 1.57 bits per heavy atom. The monoisotopic (exact) mass is 504 g/mol. The fourth-order valence-electron chi connectivity index (χ4n) is 4.28. The zero-order valence-electron chi connectivity index (χ0n) is 20.8. The molecule has 5 heteroatoms. The van der Waals surface area contributed by atoms with Gasteiger partial charge in [0.1, 0.15) is 0 Å². The van der Waals surface area contributed by atoms with E-state index in [1.165, 1.54) is 17.3 Å². The molecule has 0 aliphatic carbocycles. The lowest BCUT2D eigenvalue weighted by molar-refractivity contribution is -0.114. The molecule has 1 aliphatic rings. The molecule has 0 saturated carbocycles. The molecule has 0 radical (unpaired) electrons. The lowest BCUT2D eigenvalue weighted by Gasteiger charge is -2.30. The van der Waals surface area contributed by atoms with Gasteiger partial charge in [0.15, 0.2) is 0 Å². The number of amides is 2. The first kappa shape index (κ1) is 24.6. The average Bonchev–Trinajstić information content (AvgIpc) is 2.93. The van der Waals surface area contributed by atoms with Gasteiger partial charge >= 0.3 is 0 Å². The Bertz CT molecular complexity index is 1440. The molecule has 4 aromatic carbocycles. The fraction of sp³-hybridized carbons (Fsp3) is 0.125. The van der Waals surface area contributed by atoms with Crippen LogP contribution in [-0.4, -0.2) is 11.8 Å². The van der Waals surface area contributed by atoms with Crippen LogP contribution in [0.25, 0.3) is 6.08 Å². The van der Waals surface area contributed by atoms with Gasteiger partial charge in [-0.1, -0.05) is 96.2 Å². The molecule has 2 amide bonds. The number of hydrogen-bond acceptors (Lipinski definition) is 3. The number of aryl methyl sites for hydroxylation is 1. The quantitative estimate of drug-likeness (QED) is 0.283. The Morgan fingerprint density at radius 3 is 2.30 bits per heavy atom. The Labute approximate surface area is 222 Å². The third kappa shape index (κ3) is 5.68. The minimum absolute atomic E-state index is 0.0252. The van der Waals surface area contributed by atoms with E-state index >= 15 is 0 Å². The first-order valence-corrected chi connectivity index (χ1v) is 13.1. The largest absolute Gasteiger partial charge is 0.346 e. The molecule has 1 aliphatic heterocycles. The number of nitrogens with zero attached hydrogens (tertiary/aromatic N) is 1. The molecule has 4 aromatic rings. The lowest BCUT2D eigenvalue weighted by atomic mass is 10.1. The molecule has 0 spiro atoms. The molecule has 0 bridgehead atoms. The molecule has 5 rings (SSSR count). The minimum atomic E-state index is -0.128. The van der Waals surface area contributed by atoms with Crippen molar-refractivity contribution in [2.24, 2.45) is 0 Å². The average molecular weight is 505 g/mol. The summed E-state index contributed by atoms with van der Waals surface area (Å²) in [4.78, 5) is 29.9. The van der Waals surface area contributed by atoms with Crippen LogP contribution in [0, 0.1) is 6.92 Å². The van der Waals surface area contributed by atoms with Gasteiger partial charge in [-0.25, -0.2) is 0 Å². The predicted molar refractivity (Wildman–Crippen MR) is 151 cm³/mol. The van der Waals surface area contributed by atoms with Crippen molar-refractivity contribution in [1.29, 1.82) is 0 Å². The smallest absolute Gasteiger partial charge is 0.265 e. The van der Waals surface area contributed by atoms with Crippen LogP contribution in [0.15, 0.2) is 113 Å². The normalized spacial score (nSPS) is 14.8. The second-order valence-corrected chi connectivity index (χ2v) is 10.3. The van der Waals surface area contributed by atoms with Crippen LogP contribution >= 0.6 is 11.8 Å². The van der Waals surface area contributed by atoms with Crippen molar-refractivity contribution in [3.63, 3.8) is 0 Å². The van der Waals surface area contributed by atoms with Crippen LogP contribution in [-0.2, 0) is 11.3 Å². The second kappa shape index (κ2) is 10.9. The fourth-order valence-corrected chi connectivity index (χ4v) is 5.34. The van der Waals surface area contributed by atoms with Crippen LogP contribution in [0.5, 0.6) is 0 Å². The highest BCUT2D eigenvalue weighted by molar-refractivity contribution is 8.04. The molecule has 1 N–H and O–H groups in total. The van der Waals surface area contributed by atoms with Gasteiger partial charge in [-0.15, -0.1) is 0 Å². The van der Waals surface area contributed by atoms with E-state index in [2.05, 4.69) is 36.5 Å². The summed E-state index contributed by atoms with van der Waals surface area (Å²) in [6, 6.07) is 33.4. The van der Waals surface area contributed by atoms with Gasteiger partial charge in [-0.05, 0) is 60.9 Å². The molecule has 0 fully saturated rings. The van der Waals surface area contributed by atoms with Crippen molar-refractivity contribution in [2.75, 3.05) is 4.90 Å². The van der Waals surface area contributed by atoms with Crippen molar-refractivity contribution < 1.29 is 9.59 Å². The Hall–Kier alpha value is -4.09. The predicted octanol–water partition coefficient (Wildman–Crippen LogP) is 7.17. The molecule has 1 heterocycles. The number of carbonyl (C=O) groups excluding carboxylic acids is 2. The Morgan fingerprint density at radius 1 is 0.892 bits per heavy atom. The maximum atomic E-state index is 13.6. The van der Waals surface area contributed by atoms with Crippen molar-refractivity contribution in [2.45, 2.75) is 31.3 Å². The molecule has 1 atom stereocenters.